The van der Waals surface area contributed by atoms with Gasteiger partial charge >= 0.3 is 0 Å². The molecule has 5 heterocycles. The first-order chi connectivity index (χ1) is 25.5. The molecule has 3 fully saturated rings. The second-order valence-corrected chi connectivity index (χ2v) is 14.4. The number of ether oxygens (including phenoxy) is 5. The maximum Gasteiger partial charge on any atom is 0.256 e. The highest BCUT2D eigenvalue weighted by atomic mass is 35.5. The number of methoxy groups -OCH3 is 1. The van der Waals surface area contributed by atoms with E-state index in [1.807, 2.05) is 31.3 Å². The van der Waals surface area contributed by atoms with Crippen LogP contribution < -0.4 is 14.8 Å². The number of hydrogen-bond acceptors (Lipinski definition) is 12. The number of hydrogen-bond donors (Lipinski definition) is 1. The van der Waals surface area contributed by atoms with Crippen LogP contribution in [0.5, 0.6) is 11.6 Å². The Hall–Kier alpha value is -3.82. The fraction of sp³-hybridized carbons (Fsp3) is 0.595. The highest BCUT2D eigenvalue weighted by Gasteiger charge is 2.39. The number of nitrogens with one attached hydrogen (secondary N) is 1. The van der Waals surface area contributed by atoms with Crippen LogP contribution in [-0.2, 0) is 20.8 Å². The Morgan fingerprint density at radius 3 is 2.65 bits per heavy atom. The quantitative estimate of drug-likeness (QED) is 0.131. The summed E-state index contributed by atoms with van der Waals surface area (Å²) in [7, 11) is 1.67. The van der Waals surface area contributed by atoms with Gasteiger partial charge in [0.2, 0.25) is 5.95 Å². The minimum Gasteiger partial charge on any atom is -0.487 e. The molecule has 14 nitrogen and oxygen atoms in total. The van der Waals surface area contributed by atoms with E-state index in [-0.39, 0.29) is 6.10 Å². The van der Waals surface area contributed by atoms with Crippen LogP contribution in [0.2, 0.25) is 5.02 Å². The summed E-state index contributed by atoms with van der Waals surface area (Å²) in [6.07, 6.45) is 16.3. The smallest absolute Gasteiger partial charge is 0.256 e. The Bertz CT molecular complexity index is 1680. The second kappa shape index (κ2) is 17.8. The number of halogens is 1. The normalized spacial score (nSPS) is 22.6. The van der Waals surface area contributed by atoms with Crippen molar-refractivity contribution in [2.75, 3.05) is 58.6 Å². The Kier molecular flexibility index (Phi) is 12.5. The number of likely N-dealkylation sites (tertiary alicyclic amines) is 1. The summed E-state index contributed by atoms with van der Waals surface area (Å²) >= 11 is 6.49. The van der Waals surface area contributed by atoms with E-state index in [9.17, 15) is 0 Å². The lowest BCUT2D eigenvalue weighted by Crippen LogP contribution is -2.44. The van der Waals surface area contributed by atoms with Gasteiger partial charge in [-0.1, -0.05) is 17.7 Å². The fourth-order valence-electron chi connectivity index (χ4n) is 7.59. The molecule has 2 bridgehead atoms. The molecule has 7 rings (SSSR count). The Balaban J connectivity index is 0.998. The molecule has 3 aliphatic rings. The molecule has 1 aromatic carbocycles. The molecule has 2 aliphatic heterocycles. The van der Waals surface area contributed by atoms with E-state index in [4.69, 9.17) is 40.4 Å². The number of nitrogens with zero attached hydrogens (tertiary/aromatic N) is 8. The van der Waals surface area contributed by atoms with Gasteiger partial charge in [0.1, 0.15) is 30.2 Å². The van der Waals surface area contributed by atoms with E-state index < -0.39 is 0 Å². The van der Waals surface area contributed by atoms with Crippen LogP contribution >= 0.6 is 11.6 Å². The molecule has 52 heavy (non-hydrogen) atoms. The first-order valence-electron chi connectivity index (χ1n) is 18.5. The van der Waals surface area contributed by atoms with Crippen LogP contribution in [0.15, 0.2) is 49.4 Å². The lowest BCUT2D eigenvalue weighted by molar-refractivity contribution is 0.0370. The zero-order chi connectivity index (χ0) is 35.7. The Morgan fingerprint density at radius 1 is 1.00 bits per heavy atom. The van der Waals surface area contributed by atoms with Crippen LogP contribution in [-0.4, -0.2) is 111 Å². The third-order valence-electron chi connectivity index (χ3n) is 10.2. The number of fused-ring (bicyclic) bond motifs is 2. The highest BCUT2D eigenvalue weighted by molar-refractivity contribution is 6.32. The van der Waals surface area contributed by atoms with Gasteiger partial charge in [-0.05, 0) is 69.1 Å². The van der Waals surface area contributed by atoms with Crippen LogP contribution in [0, 0.1) is 5.92 Å². The summed E-state index contributed by atoms with van der Waals surface area (Å²) in [4.78, 5) is 16.0. The van der Waals surface area contributed by atoms with Gasteiger partial charge in [-0.2, -0.15) is 5.10 Å². The van der Waals surface area contributed by atoms with Crippen molar-refractivity contribution in [2.24, 2.45) is 5.92 Å². The average Bonchev–Trinajstić information content (AvgIpc) is 3.87. The summed E-state index contributed by atoms with van der Waals surface area (Å²) in [5, 5.41) is 13.0. The van der Waals surface area contributed by atoms with Crippen molar-refractivity contribution >= 4 is 23.2 Å². The molecule has 0 spiro atoms. The maximum atomic E-state index is 6.49. The van der Waals surface area contributed by atoms with Crippen molar-refractivity contribution in [1.82, 2.24) is 39.4 Å². The second-order valence-electron chi connectivity index (χ2n) is 14.0. The number of rotatable bonds is 17. The number of benzene rings is 1. The van der Waals surface area contributed by atoms with Gasteiger partial charge in [0.15, 0.2) is 0 Å². The molecule has 1 saturated carbocycles. The molecule has 15 heteroatoms. The van der Waals surface area contributed by atoms with Gasteiger partial charge in [0.05, 0.1) is 50.2 Å². The average molecular weight is 736 g/mol. The van der Waals surface area contributed by atoms with Gasteiger partial charge in [-0.15, -0.1) is 5.10 Å². The van der Waals surface area contributed by atoms with Crippen molar-refractivity contribution in [1.29, 1.82) is 0 Å². The van der Waals surface area contributed by atoms with Crippen molar-refractivity contribution < 1.29 is 23.7 Å². The molecule has 3 atom stereocenters. The lowest BCUT2D eigenvalue weighted by atomic mass is 9.90. The monoisotopic (exact) mass is 735 g/mol. The molecule has 4 aromatic rings. The van der Waals surface area contributed by atoms with Crippen molar-refractivity contribution in [2.45, 2.75) is 82.6 Å². The summed E-state index contributed by atoms with van der Waals surface area (Å²) in [6, 6.07) is 7.15. The molecule has 1 N–H and O–H groups in total. The minimum absolute atomic E-state index is 0.169. The highest BCUT2D eigenvalue weighted by Crippen LogP contribution is 2.39. The van der Waals surface area contributed by atoms with Crippen molar-refractivity contribution in [3.8, 4) is 22.8 Å². The summed E-state index contributed by atoms with van der Waals surface area (Å²) in [6.45, 7) is 7.73. The Labute approximate surface area is 310 Å². The van der Waals surface area contributed by atoms with Crippen molar-refractivity contribution in [3.63, 3.8) is 0 Å². The standard InChI is InChI=1S/C37H50ClN9O5/c1-26(20-45-25-39-24-42-45)52-35-17-28(4-9-33(35)38)29-18-40-37(41-19-29)43-34-22-47(44-36(34)51-12-3-11-49-15-14-48-2)31-7-5-30(6-8-31)46-21-27-10-13-50-23-32(46)16-27/h4,9,17-19,22,24-27,30-32H,3,5-8,10-16,20-21,23H2,1-2H3,(H,40,41,43)/t26-,27?,30-,31-,32+/m0/s1. The fourth-order valence-corrected chi connectivity index (χ4v) is 7.76. The molecule has 0 amide bonds. The van der Waals surface area contributed by atoms with E-state index in [2.05, 4.69) is 34.9 Å². The zero-order valence-electron chi connectivity index (χ0n) is 30.1. The molecule has 2 saturated heterocycles. The largest absolute Gasteiger partial charge is 0.487 e. The molecular weight excluding hydrogens is 686 g/mol. The third-order valence-corrected chi connectivity index (χ3v) is 10.5. The van der Waals surface area contributed by atoms with Crippen molar-refractivity contribution in [3.05, 3.63) is 54.5 Å². The van der Waals surface area contributed by atoms with Crippen LogP contribution in [0.4, 0.5) is 11.6 Å². The molecule has 0 radical (unpaired) electrons. The summed E-state index contributed by atoms with van der Waals surface area (Å²) < 4.78 is 32.8. The maximum absolute atomic E-state index is 6.49. The first-order valence-corrected chi connectivity index (χ1v) is 18.9. The van der Waals surface area contributed by atoms with E-state index >= 15 is 0 Å². The predicted octanol–water partition coefficient (Wildman–Crippen LogP) is 5.82. The summed E-state index contributed by atoms with van der Waals surface area (Å²) in [5.74, 6) is 2.35. The van der Waals surface area contributed by atoms with E-state index in [1.165, 1.54) is 25.7 Å². The predicted molar refractivity (Wildman–Crippen MR) is 196 cm³/mol. The molecule has 3 aromatic heterocycles. The minimum atomic E-state index is -0.169. The van der Waals surface area contributed by atoms with Gasteiger partial charge in [0.25, 0.3) is 5.88 Å². The summed E-state index contributed by atoms with van der Waals surface area (Å²) in [5.41, 5.74) is 2.46. The van der Waals surface area contributed by atoms with Gasteiger partial charge in [-0.25, -0.2) is 19.6 Å². The lowest BCUT2D eigenvalue weighted by Gasteiger charge is -2.38. The van der Waals surface area contributed by atoms with E-state index in [1.54, 1.807) is 30.5 Å². The molecule has 1 unspecified atom stereocenters. The third kappa shape index (κ3) is 9.39. The van der Waals surface area contributed by atoms with Gasteiger partial charge in [0, 0.05) is 63.3 Å². The topological polar surface area (TPSA) is 136 Å². The molecular formula is C37H50ClN9O5. The van der Waals surface area contributed by atoms with E-state index in [0.717, 1.165) is 68.1 Å². The van der Waals surface area contributed by atoms with Crippen LogP contribution in [0.1, 0.15) is 57.9 Å². The van der Waals surface area contributed by atoms with Crippen LogP contribution in [0.25, 0.3) is 11.1 Å². The molecule has 1 aliphatic carbocycles. The SMILES string of the molecule is COCCOCCCOc1nn([C@H]2CC[C@H](N3CC4CCOC[C@H]3C4)CC2)cc1Nc1ncc(-c2ccc(Cl)c(O[C@@H](C)Cn3cncn3)c2)cn1. The zero-order valence-corrected chi connectivity index (χ0v) is 30.9. The Morgan fingerprint density at radius 2 is 1.85 bits per heavy atom. The first kappa shape index (κ1) is 36.5. The molecule has 280 valence electrons. The number of anilines is 2. The number of aromatic nitrogens is 7. The van der Waals surface area contributed by atoms with Crippen LogP contribution in [0.3, 0.4) is 0 Å². The van der Waals surface area contributed by atoms with Gasteiger partial charge < -0.3 is 29.0 Å². The van der Waals surface area contributed by atoms with E-state index in [0.29, 0.717) is 73.7 Å². The van der Waals surface area contributed by atoms with Gasteiger partial charge in [-0.3, -0.25) is 9.58 Å².